The van der Waals surface area contributed by atoms with Crippen molar-refractivity contribution in [3.63, 3.8) is 0 Å². The molecule has 2 aliphatic rings. The van der Waals surface area contributed by atoms with Gasteiger partial charge in [0.25, 0.3) is 0 Å². The Morgan fingerprint density at radius 2 is 1.67 bits per heavy atom. The van der Waals surface area contributed by atoms with Gasteiger partial charge in [-0.25, -0.2) is 9.79 Å². The Morgan fingerprint density at radius 1 is 0.852 bits per heavy atom. The molecule has 4 nitrogen and oxygen atoms in total. The third-order valence-electron chi connectivity index (χ3n) is 4.31. The number of allylic oxidation sites excluding steroid dienone is 2. The van der Waals surface area contributed by atoms with Crippen molar-refractivity contribution in [1.82, 2.24) is 0 Å². The van der Waals surface area contributed by atoms with Crippen LogP contribution >= 0.6 is 11.3 Å². The molecule has 2 aromatic carbocycles. The van der Waals surface area contributed by atoms with Crippen LogP contribution in [0.25, 0.3) is 11.3 Å². The number of rotatable bonds is 2. The second kappa shape index (κ2) is 6.37. The molecule has 5 rings (SSSR count). The molecule has 0 bridgehead atoms. The number of ether oxygens (including phenoxy) is 2. The van der Waals surface area contributed by atoms with E-state index in [4.69, 9.17) is 9.47 Å². The predicted octanol–water partition coefficient (Wildman–Crippen LogP) is 4.90. The summed E-state index contributed by atoms with van der Waals surface area (Å²) in [5, 5.41) is 1.99. The van der Waals surface area contributed by atoms with Crippen LogP contribution in [0.1, 0.15) is 16.0 Å². The van der Waals surface area contributed by atoms with Crippen molar-refractivity contribution in [2.24, 2.45) is 4.99 Å². The smallest absolute Gasteiger partial charge is 0.364 e. The van der Waals surface area contributed by atoms with Crippen LogP contribution in [0.15, 0.2) is 88.9 Å². The Balaban J connectivity index is 1.69. The molecule has 130 valence electrons. The summed E-state index contributed by atoms with van der Waals surface area (Å²) in [5.74, 6) is 1.25. The second-order valence-electron chi connectivity index (χ2n) is 6.02. The first-order valence-corrected chi connectivity index (χ1v) is 9.31. The molecule has 0 unspecified atom stereocenters. The zero-order valence-electron chi connectivity index (χ0n) is 14.1. The highest BCUT2D eigenvalue weighted by Crippen LogP contribution is 2.40. The van der Waals surface area contributed by atoms with E-state index in [1.54, 1.807) is 11.3 Å². The van der Waals surface area contributed by atoms with Gasteiger partial charge in [-0.15, -0.1) is 11.3 Å². The minimum atomic E-state index is -0.456. The zero-order valence-corrected chi connectivity index (χ0v) is 14.9. The predicted molar refractivity (Wildman–Crippen MR) is 105 cm³/mol. The molecule has 2 aliphatic heterocycles. The SMILES string of the molecule is O=C1OC(c2ccccc2)=NC1=C1C=C(c2cccs2)Oc2ccccc21. The molecule has 0 fully saturated rings. The first kappa shape index (κ1) is 15.8. The van der Waals surface area contributed by atoms with E-state index in [0.29, 0.717) is 28.7 Å². The maximum Gasteiger partial charge on any atom is 0.364 e. The average molecular weight is 371 g/mol. The van der Waals surface area contributed by atoms with Gasteiger partial charge in [-0.05, 0) is 35.7 Å². The summed E-state index contributed by atoms with van der Waals surface area (Å²) < 4.78 is 11.5. The number of para-hydroxylation sites is 1. The minimum absolute atomic E-state index is 0.290. The number of cyclic esters (lactones) is 1. The largest absolute Gasteiger partial charge is 0.455 e. The molecule has 3 aromatic rings. The third kappa shape index (κ3) is 2.78. The lowest BCUT2D eigenvalue weighted by atomic mass is 9.99. The number of benzene rings is 2. The van der Waals surface area contributed by atoms with Gasteiger partial charge in [-0.3, -0.25) is 0 Å². The van der Waals surface area contributed by atoms with Crippen LogP contribution in [0.3, 0.4) is 0 Å². The quantitative estimate of drug-likeness (QED) is 0.476. The van der Waals surface area contributed by atoms with Crippen molar-refractivity contribution in [2.45, 2.75) is 0 Å². The van der Waals surface area contributed by atoms with Crippen LogP contribution in [0.5, 0.6) is 5.75 Å². The first-order valence-electron chi connectivity index (χ1n) is 8.43. The van der Waals surface area contributed by atoms with Crippen LogP contribution in [0.4, 0.5) is 0 Å². The summed E-state index contributed by atoms with van der Waals surface area (Å²) >= 11 is 1.58. The van der Waals surface area contributed by atoms with E-state index in [0.717, 1.165) is 16.0 Å². The molecule has 3 heterocycles. The lowest BCUT2D eigenvalue weighted by molar-refractivity contribution is -0.129. The normalized spacial score (nSPS) is 18.3. The lowest BCUT2D eigenvalue weighted by Gasteiger charge is -2.19. The van der Waals surface area contributed by atoms with E-state index in [2.05, 4.69) is 4.99 Å². The van der Waals surface area contributed by atoms with Gasteiger partial charge in [-0.2, -0.15) is 0 Å². The molecule has 0 spiro atoms. The van der Waals surface area contributed by atoms with Crippen LogP contribution in [-0.4, -0.2) is 11.9 Å². The molecule has 0 aliphatic carbocycles. The highest BCUT2D eigenvalue weighted by atomic mass is 32.1. The van der Waals surface area contributed by atoms with E-state index in [9.17, 15) is 4.79 Å². The summed E-state index contributed by atoms with van der Waals surface area (Å²) in [4.78, 5) is 18.1. The molecule has 0 atom stereocenters. The summed E-state index contributed by atoms with van der Waals surface area (Å²) in [5.41, 5.74) is 2.59. The maximum absolute atomic E-state index is 12.6. The molecule has 1 aromatic heterocycles. The van der Waals surface area contributed by atoms with Crippen molar-refractivity contribution in [2.75, 3.05) is 0 Å². The fraction of sp³-hybridized carbons (Fsp3) is 0. The maximum atomic E-state index is 12.6. The molecule has 5 heteroatoms. The Kier molecular flexibility index (Phi) is 3.73. The minimum Gasteiger partial charge on any atom is -0.455 e. The van der Waals surface area contributed by atoms with Crippen LogP contribution < -0.4 is 4.74 Å². The van der Waals surface area contributed by atoms with Crippen molar-refractivity contribution >= 4 is 34.5 Å². The van der Waals surface area contributed by atoms with Gasteiger partial charge in [0.05, 0.1) is 4.88 Å². The molecule has 0 saturated heterocycles. The van der Waals surface area contributed by atoms with Crippen LogP contribution in [0.2, 0.25) is 0 Å². The number of hydrogen-bond acceptors (Lipinski definition) is 5. The van der Waals surface area contributed by atoms with E-state index in [1.807, 2.05) is 78.2 Å². The fourth-order valence-electron chi connectivity index (χ4n) is 3.05. The average Bonchev–Trinajstić information content (AvgIpc) is 3.38. The number of aliphatic imine (C=N–C) groups is 1. The molecular weight excluding hydrogens is 358 g/mol. The summed E-state index contributed by atoms with van der Waals surface area (Å²) in [7, 11) is 0. The Labute approximate surface area is 159 Å². The van der Waals surface area contributed by atoms with Gasteiger partial charge in [0.1, 0.15) is 11.5 Å². The van der Waals surface area contributed by atoms with Crippen LogP contribution in [0, 0.1) is 0 Å². The number of carbonyl (C=O) groups excluding carboxylic acids is 1. The monoisotopic (exact) mass is 371 g/mol. The second-order valence-corrected chi connectivity index (χ2v) is 6.97. The van der Waals surface area contributed by atoms with Crippen molar-refractivity contribution in [1.29, 1.82) is 0 Å². The number of nitrogens with zero attached hydrogens (tertiary/aromatic N) is 1. The van der Waals surface area contributed by atoms with Gasteiger partial charge in [-0.1, -0.05) is 42.5 Å². The van der Waals surface area contributed by atoms with Gasteiger partial charge in [0, 0.05) is 16.7 Å². The third-order valence-corrected chi connectivity index (χ3v) is 5.19. The topological polar surface area (TPSA) is 47.9 Å². The lowest BCUT2D eigenvalue weighted by Crippen LogP contribution is -2.08. The number of fused-ring (bicyclic) bond motifs is 1. The number of hydrogen-bond donors (Lipinski definition) is 0. The number of thiophene rings is 1. The van der Waals surface area contributed by atoms with E-state index in [1.165, 1.54) is 0 Å². The van der Waals surface area contributed by atoms with E-state index < -0.39 is 5.97 Å². The number of esters is 1. The van der Waals surface area contributed by atoms with E-state index in [-0.39, 0.29) is 0 Å². The Bertz CT molecular complexity index is 1130. The van der Waals surface area contributed by atoms with Gasteiger partial charge in [0.2, 0.25) is 5.90 Å². The fourth-order valence-corrected chi connectivity index (χ4v) is 3.73. The first-order chi connectivity index (χ1) is 13.3. The van der Waals surface area contributed by atoms with Crippen molar-refractivity contribution < 1.29 is 14.3 Å². The molecule has 0 saturated carbocycles. The highest BCUT2D eigenvalue weighted by Gasteiger charge is 2.30. The van der Waals surface area contributed by atoms with Crippen molar-refractivity contribution in [3.8, 4) is 5.75 Å². The highest BCUT2D eigenvalue weighted by molar-refractivity contribution is 7.11. The van der Waals surface area contributed by atoms with Gasteiger partial charge < -0.3 is 9.47 Å². The van der Waals surface area contributed by atoms with Gasteiger partial charge in [0.15, 0.2) is 5.70 Å². The molecule has 0 N–H and O–H groups in total. The summed E-state index contributed by atoms with van der Waals surface area (Å²) in [6.45, 7) is 0. The summed E-state index contributed by atoms with van der Waals surface area (Å²) in [6.07, 6.45) is 1.86. The standard InChI is InChI=1S/C22H13NO3S/c24-22-20(23-21(26-22)14-7-2-1-3-8-14)16-13-18(19-11-6-12-27-19)25-17-10-5-4-9-15(16)17/h1-13H. The Morgan fingerprint density at radius 3 is 2.48 bits per heavy atom. The Hall–Kier alpha value is -3.44. The van der Waals surface area contributed by atoms with Gasteiger partial charge >= 0.3 is 5.97 Å². The molecule has 0 radical (unpaired) electrons. The summed E-state index contributed by atoms with van der Waals surface area (Å²) in [6, 6.07) is 21.0. The van der Waals surface area contributed by atoms with Crippen LogP contribution in [-0.2, 0) is 9.53 Å². The van der Waals surface area contributed by atoms with E-state index >= 15 is 0 Å². The molecule has 0 amide bonds. The van der Waals surface area contributed by atoms with Crippen molar-refractivity contribution in [3.05, 3.63) is 99.9 Å². The zero-order chi connectivity index (χ0) is 18.2. The molecular formula is C22H13NO3S. The molecule has 27 heavy (non-hydrogen) atoms. The number of carbonyl (C=O) groups is 1.